The van der Waals surface area contributed by atoms with E-state index < -0.39 is 11.0 Å². The van der Waals surface area contributed by atoms with Gasteiger partial charge in [-0.15, -0.1) is 0 Å². The molecule has 0 fully saturated rings. The zero-order valence-electron chi connectivity index (χ0n) is 13.9. The van der Waals surface area contributed by atoms with Gasteiger partial charge in [0.05, 0.1) is 22.8 Å². The molecule has 1 unspecified atom stereocenters. The second-order valence-corrected chi connectivity index (χ2v) is 6.77. The molecule has 0 aliphatic rings. The number of rotatable bonds is 7. The Bertz CT molecular complexity index is 927. The van der Waals surface area contributed by atoms with Crippen molar-refractivity contribution in [1.29, 1.82) is 0 Å². The lowest BCUT2D eigenvalue weighted by Gasteiger charge is -2.26. The Morgan fingerprint density at radius 3 is 2.81 bits per heavy atom. The first-order valence-electron chi connectivity index (χ1n) is 8.01. The molecule has 6 nitrogen and oxygen atoms in total. The lowest BCUT2D eigenvalue weighted by atomic mass is 10.1. The van der Waals surface area contributed by atoms with Crippen molar-refractivity contribution in [3.05, 3.63) is 52.9 Å². The molecule has 0 bridgehead atoms. The second kappa shape index (κ2) is 7.51. The van der Waals surface area contributed by atoms with Crippen LogP contribution in [-0.2, 0) is 16.3 Å². The van der Waals surface area contributed by atoms with Crippen LogP contribution in [0, 0.1) is 0 Å². The number of pyridine rings is 1. The van der Waals surface area contributed by atoms with Crippen LogP contribution in [0.4, 0.5) is 0 Å². The van der Waals surface area contributed by atoms with Crippen LogP contribution in [0.1, 0.15) is 31.2 Å². The average molecular weight is 395 g/mol. The van der Waals surface area contributed by atoms with E-state index in [1.165, 1.54) is 6.20 Å². The standard InChI is InChI=1S/C18H16Cl2N2O4/c1-2-18(20,16-7-3-11(19)10-21-16)25-12-4-6-15-13(9-12)14(22-26-15)5-8-17(23)24/h3-4,6-7,9-10H,2,5,8H2,1H3,(H,23,24). The largest absolute Gasteiger partial charge is 0.481 e. The maximum atomic E-state index is 10.8. The van der Waals surface area contributed by atoms with Gasteiger partial charge in [0, 0.05) is 24.4 Å². The number of aromatic nitrogens is 2. The zero-order valence-corrected chi connectivity index (χ0v) is 15.4. The Morgan fingerprint density at radius 2 is 2.15 bits per heavy atom. The summed E-state index contributed by atoms with van der Waals surface area (Å²) in [5.41, 5.74) is 1.66. The van der Waals surface area contributed by atoms with Crippen LogP contribution in [0.5, 0.6) is 5.75 Å². The number of carboxylic acids is 1. The topological polar surface area (TPSA) is 85.5 Å². The fraction of sp³-hybridized carbons (Fsp3) is 0.278. The van der Waals surface area contributed by atoms with Crippen LogP contribution in [0.2, 0.25) is 5.02 Å². The zero-order chi connectivity index (χ0) is 18.7. The Hall–Kier alpha value is -2.31. The Morgan fingerprint density at radius 1 is 1.35 bits per heavy atom. The van der Waals surface area contributed by atoms with E-state index in [0.717, 1.165) is 0 Å². The molecule has 0 spiro atoms. The number of nitrogens with zero attached hydrogens (tertiary/aromatic N) is 2. The van der Waals surface area contributed by atoms with Crippen molar-refractivity contribution >= 4 is 40.1 Å². The van der Waals surface area contributed by atoms with Gasteiger partial charge in [-0.05, 0) is 30.3 Å². The highest BCUT2D eigenvalue weighted by molar-refractivity contribution is 6.30. The van der Waals surface area contributed by atoms with E-state index in [2.05, 4.69) is 10.1 Å². The van der Waals surface area contributed by atoms with Crippen LogP contribution in [-0.4, -0.2) is 21.2 Å². The molecular weight excluding hydrogens is 379 g/mol. The lowest BCUT2D eigenvalue weighted by Crippen LogP contribution is -2.26. The SMILES string of the molecule is CCC(Cl)(Oc1ccc2onc(CCC(=O)O)c2c1)c1ccc(Cl)cn1. The molecule has 1 aromatic carbocycles. The minimum Gasteiger partial charge on any atom is -0.481 e. The smallest absolute Gasteiger partial charge is 0.303 e. The molecule has 0 aliphatic carbocycles. The van der Waals surface area contributed by atoms with Gasteiger partial charge >= 0.3 is 5.97 Å². The molecule has 0 amide bonds. The molecule has 136 valence electrons. The second-order valence-electron chi connectivity index (χ2n) is 5.73. The summed E-state index contributed by atoms with van der Waals surface area (Å²) in [6.45, 7) is 1.89. The van der Waals surface area contributed by atoms with Crippen molar-refractivity contribution in [2.75, 3.05) is 0 Å². The maximum Gasteiger partial charge on any atom is 0.303 e. The van der Waals surface area contributed by atoms with Crippen molar-refractivity contribution in [2.45, 2.75) is 31.2 Å². The van der Waals surface area contributed by atoms with E-state index in [0.29, 0.717) is 39.6 Å². The highest BCUT2D eigenvalue weighted by Gasteiger charge is 2.32. The van der Waals surface area contributed by atoms with Crippen molar-refractivity contribution in [2.24, 2.45) is 0 Å². The molecule has 2 heterocycles. The summed E-state index contributed by atoms with van der Waals surface area (Å²) in [4.78, 5) is 15.0. The number of hydrogen-bond acceptors (Lipinski definition) is 5. The first-order valence-corrected chi connectivity index (χ1v) is 8.77. The van der Waals surface area contributed by atoms with Gasteiger partial charge in [0.25, 0.3) is 0 Å². The fourth-order valence-electron chi connectivity index (χ4n) is 2.53. The summed E-state index contributed by atoms with van der Waals surface area (Å²) in [5, 5.41) is 12.8. The minimum atomic E-state index is -1.16. The van der Waals surface area contributed by atoms with Gasteiger partial charge in [-0.25, -0.2) is 0 Å². The van der Waals surface area contributed by atoms with Gasteiger partial charge in [-0.1, -0.05) is 35.3 Å². The summed E-state index contributed by atoms with van der Waals surface area (Å²) in [6, 6.07) is 8.59. The minimum absolute atomic E-state index is 0.0319. The van der Waals surface area contributed by atoms with E-state index in [1.807, 2.05) is 6.92 Å². The van der Waals surface area contributed by atoms with Crippen molar-refractivity contribution in [1.82, 2.24) is 10.1 Å². The third-order valence-corrected chi connectivity index (χ3v) is 4.70. The van der Waals surface area contributed by atoms with Gasteiger partial charge in [0.15, 0.2) is 5.58 Å². The van der Waals surface area contributed by atoms with Crippen LogP contribution in [0.25, 0.3) is 11.0 Å². The quantitative estimate of drug-likeness (QED) is 0.580. The number of halogens is 2. The van der Waals surface area contributed by atoms with Crippen molar-refractivity contribution in [3.8, 4) is 5.75 Å². The van der Waals surface area contributed by atoms with Gasteiger partial charge in [0.1, 0.15) is 5.75 Å². The van der Waals surface area contributed by atoms with Crippen LogP contribution < -0.4 is 4.74 Å². The Kier molecular flexibility index (Phi) is 5.34. The van der Waals surface area contributed by atoms with Crippen LogP contribution >= 0.6 is 23.2 Å². The van der Waals surface area contributed by atoms with Gasteiger partial charge in [-0.2, -0.15) is 0 Å². The van der Waals surface area contributed by atoms with Gasteiger partial charge in [0.2, 0.25) is 5.06 Å². The van der Waals surface area contributed by atoms with E-state index >= 15 is 0 Å². The van der Waals surface area contributed by atoms with Crippen molar-refractivity contribution < 1.29 is 19.2 Å². The summed E-state index contributed by atoms with van der Waals surface area (Å²) in [6.07, 6.45) is 2.22. The Balaban J connectivity index is 1.90. The Labute approximate surface area is 159 Å². The number of benzene rings is 1. The fourth-order valence-corrected chi connectivity index (χ4v) is 2.84. The molecule has 26 heavy (non-hydrogen) atoms. The highest BCUT2D eigenvalue weighted by Crippen LogP contribution is 2.36. The predicted molar refractivity (Wildman–Crippen MR) is 97.7 cm³/mol. The molecule has 1 N–H and O–H groups in total. The molecule has 0 saturated carbocycles. The van der Waals surface area contributed by atoms with Crippen molar-refractivity contribution in [3.63, 3.8) is 0 Å². The number of alkyl halides is 1. The molecule has 3 aromatic rings. The normalized spacial score (nSPS) is 13.5. The molecule has 8 heteroatoms. The van der Waals surface area contributed by atoms with Crippen LogP contribution in [0.15, 0.2) is 41.1 Å². The maximum absolute atomic E-state index is 10.8. The number of carboxylic acid groups (broad SMARTS) is 1. The number of aryl methyl sites for hydroxylation is 1. The third-order valence-electron chi connectivity index (χ3n) is 3.94. The number of carbonyl (C=O) groups is 1. The number of fused-ring (bicyclic) bond motifs is 1. The number of ether oxygens (including phenoxy) is 1. The molecule has 2 aromatic heterocycles. The average Bonchev–Trinajstić information content (AvgIpc) is 3.02. The number of hydrogen-bond donors (Lipinski definition) is 1. The summed E-state index contributed by atoms with van der Waals surface area (Å²) in [5.74, 6) is -0.390. The highest BCUT2D eigenvalue weighted by atomic mass is 35.5. The van der Waals surface area contributed by atoms with E-state index in [-0.39, 0.29) is 12.8 Å². The predicted octanol–water partition coefficient (Wildman–Crippen LogP) is 4.77. The van der Waals surface area contributed by atoms with Gasteiger partial charge < -0.3 is 14.4 Å². The summed E-state index contributed by atoms with van der Waals surface area (Å²) in [7, 11) is 0. The summed E-state index contributed by atoms with van der Waals surface area (Å²) < 4.78 is 11.2. The first kappa shape index (κ1) is 18.5. The van der Waals surface area contributed by atoms with Gasteiger partial charge in [-0.3, -0.25) is 9.78 Å². The number of aliphatic carboxylic acids is 1. The van der Waals surface area contributed by atoms with E-state index in [1.54, 1.807) is 30.3 Å². The lowest BCUT2D eigenvalue weighted by molar-refractivity contribution is -0.136. The molecule has 0 aliphatic heterocycles. The molecule has 0 radical (unpaired) electrons. The van der Waals surface area contributed by atoms with E-state index in [9.17, 15) is 4.79 Å². The molecule has 3 rings (SSSR count). The monoisotopic (exact) mass is 394 g/mol. The molecule has 0 saturated heterocycles. The third kappa shape index (κ3) is 3.92. The van der Waals surface area contributed by atoms with Crippen LogP contribution in [0.3, 0.4) is 0 Å². The van der Waals surface area contributed by atoms with E-state index in [4.69, 9.17) is 37.6 Å². The summed E-state index contributed by atoms with van der Waals surface area (Å²) >= 11 is 12.5. The molecular formula is C18H16Cl2N2O4. The first-order chi connectivity index (χ1) is 12.4. The molecule has 1 atom stereocenters.